The van der Waals surface area contributed by atoms with Crippen molar-refractivity contribution in [3.05, 3.63) is 40.8 Å². The summed E-state index contributed by atoms with van der Waals surface area (Å²) in [5.41, 5.74) is 7.61. The average molecular weight is 287 g/mol. The number of benzene rings is 1. The summed E-state index contributed by atoms with van der Waals surface area (Å²) in [6, 6.07) is 8.89. The molecule has 2 aromatic rings. The molecular formula is C14H13N3O2S. The summed E-state index contributed by atoms with van der Waals surface area (Å²) in [6.45, 7) is 1.74. The Morgan fingerprint density at radius 2 is 2.30 bits per heavy atom. The van der Waals surface area contributed by atoms with E-state index in [0.29, 0.717) is 22.0 Å². The SMILES string of the molecule is Cc1cc(N)ccc1OCC(=O)Nc1sccc1C#N. The maximum Gasteiger partial charge on any atom is 0.262 e. The molecule has 1 amide bonds. The van der Waals surface area contributed by atoms with Gasteiger partial charge in [-0.05, 0) is 42.1 Å². The van der Waals surface area contributed by atoms with Gasteiger partial charge in [-0.2, -0.15) is 5.26 Å². The van der Waals surface area contributed by atoms with Crippen LogP contribution in [0.25, 0.3) is 0 Å². The molecule has 0 radical (unpaired) electrons. The van der Waals surface area contributed by atoms with Crippen LogP contribution in [0.1, 0.15) is 11.1 Å². The van der Waals surface area contributed by atoms with E-state index in [1.807, 2.05) is 13.0 Å². The number of nitrogen functional groups attached to an aromatic ring is 1. The van der Waals surface area contributed by atoms with Gasteiger partial charge in [-0.3, -0.25) is 4.79 Å². The summed E-state index contributed by atoms with van der Waals surface area (Å²) in [5.74, 6) is 0.307. The number of nitrogens with zero attached hydrogens (tertiary/aromatic N) is 1. The molecule has 5 nitrogen and oxygen atoms in total. The van der Waals surface area contributed by atoms with E-state index in [1.165, 1.54) is 11.3 Å². The van der Waals surface area contributed by atoms with Gasteiger partial charge in [-0.25, -0.2) is 0 Å². The number of ether oxygens (including phenoxy) is 1. The van der Waals surface area contributed by atoms with Crippen LogP contribution in [0.4, 0.5) is 10.7 Å². The van der Waals surface area contributed by atoms with E-state index in [9.17, 15) is 4.79 Å². The Morgan fingerprint density at radius 1 is 1.50 bits per heavy atom. The molecule has 0 saturated heterocycles. The molecule has 0 aliphatic rings. The fraction of sp³-hybridized carbons (Fsp3) is 0.143. The van der Waals surface area contributed by atoms with Crippen LogP contribution < -0.4 is 15.8 Å². The smallest absolute Gasteiger partial charge is 0.262 e. The summed E-state index contributed by atoms with van der Waals surface area (Å²) >= 11 is 1.30. The highest BCUT2D eigenvalue weighted by Crippen LogP contribution is 2.23. The second-order valence-electron chi connectivity index (χ2n) is 4.14. The number of anilines is 2. The van der Waals surface area contributed by atoms with Crippen LogP contribution in [0.2, 0.25) is 0 Å². The Morgan fingerprint density at radius 3 is 3.00 bits per heavy atom. The molecular weight excluding hydrogens is 274 g/mol. The molecule has 102 valence electrons. The first-order valence-electron chi connectivity index (χ1n) is 5.86. The number of thiophene rings is 1. The Kier molecular flexibility index (Phi) is 4.23. The molecule has 0 aliphatic carbocycles. The number of hydrogen-bond donors (Lipinski definition) is 2. The van der Waals surface area contributed by atoms with Crippen molar-refractivity contribution in [3.8, 4) is 11.8 Å². The summed E-state index contributed by atoms with van der Waals surface area (Å²) in [7, 11) is 0. The maximum atomic E-state index is 11.8. The molecule has 6 heteroatoms. The summed E-state index contributed by atoms with van der Waals surface area (Å²) < 4.78 is 5.43. The second-order valence-corrected chi connectivity index (χ2v) is 5.05. The summed E-state index contributed by atoms with van der Waals surface area (Å²) in [4.78, 5) is 11.8. The van der Waals surface area contributed by atoms with Crippen LogP contribution in [0.5, 0.6) is 5.75 Å². The lowest BCUT2D eigenvalue weighted by Gasteiger charge is -2.09. The molecule has 1 heterocycles. The van der Waals surface area contributed by atoms with E-state index < -0.39 is 0 Å². The zero-order valence-corrected chi connectivity index (χ0v) is 11.7. The first kappa shape index (κ1) is 13.9. The lowest BCUT2D eigenvalue weighted by Crippen LogP contribution is -2.20. The van der Waals surface area contributed by atoms with Gasteiger partial charge in [-0.1, -0.05) is 0 Å². The fourth-order valence-corrected chi connectivity index (χ4v) is 2.39. The number of amides is 1. The Bertz CT molecular complexity index is 673. The van der Waals surface area contributed by atoms with Gasteiger partial charge in [0.05, 0.1) is 5.56 Å². The number of nitrogens with one attached hydrogen (secondary N) is 1. The topological polar surface area (TPSA) is 88.1 Å². The summed E-state index contributed by atoms with van der Waals surface area (Å²) in [5, 5.41) is 13.8. The predicted molar refractivity (Wildman–Crippen MR) is 78.8 cm³/mol. The lowest BCUT2D eigenvalue weighted by molar-refractivity contribution is -0.118. The van der Waals surface area contributed by atoms with Gasteiger partial charge in [0, 0.05) is 5.69 Å². The van der Waals surface area contributed by atoms with Crippen molar-refractivity contribution < 1.29 is 9.53 Å². The summed E-state index contributed by atoms with van der Waals surface area (Å²) in [6.07, 6.45) is 0. The number of rotatable bonds is 4. The number of hydrogen-bond acceptors (Lipinski definition) is 5. The third-order valence-electron chi connectivity index (χ3n) is 2.60. The highest BCUT2D eigenvalue weighted by molar-refractivity contribution is 7.14. The van der Waals surface area contributed by atoms with Crippen molar-refractivity contribution in [2.24, 2.45) is 0 Å². The number of carbonyl (C=O) groups is 1. The van der Waals surface area contributed by atoms with Crippen LogP contribution in [-0.2, 0) is 4.79 Å². The Labute approximate surface area is 120 Å². The molecule has 0 spiro atoms. The minimum absolute atomic E-state index is 0.118. The van der Waals surface area contributed by atoms with Crippen molar-refractivity contribution in [2.45, 2.75) is 6.92 Å². The van der Waals surface area contributed by atoms with Crippen LogP contribution in [0.15, 0.2) is 29.6 Å². The minimum atomic E-state index is -0.305. The third-order valence-corrected chi connectivity index (χ3v) is 3.43. The highest BCUT2D eigenvalue weighted by atomic mass is 32.1. The van der Waals surface area contributed by atoms with Gasteiger partial charge < -0.3 is 15.8 Å². The lowest BCUT2D eigenvalue weighted by atomic mass is 10.2. The standard InChI is InChI=1S/C14H13N3O2S/c1-9-6-11(16)2-3-12(9)19-8-13(18)17-14-10(7-15)4-5-20-14/h2-6H,8,16H2,1H3,(H,17,18). The quantitative estimate of drug-likeness (QED) is 0.846. The monoisotopic (exact) mass is 287 g/mol. The van der Waals surface area contributed by atoms with Gasteiger partial charge in [-0.15, -0.1) is 11.3 Å². The van der Waals surface area contributed by atoms with Crippen molar-refractivity contribution >= 4 is 27.9 Å². The molecule has 0 unspecified atom stereocenters. The third kappa shape index (κ3) is 3.28. The van der Waals surface area contributed by atoms with E-state index in [4.69, 9.17) is 15.7 Å². The molecule has 1 aromatic heterocycles. The predicted octanol–water partition coefficient (Wildman–Crippen LogP) is 2.53. The van der Waals surface area contributed by atoms with Gasteiger partial charge >= 0.3 is 0 Å². The van der Waals surface area contributed by atoms with Crippen molar-refractivity contribution in [1.82, 2.24) is 0 Å². The normalized spacial score (nSPS) is 9.80. The maximum absolute atomic E-state index is 11.8. The molecule has 3 N–H and O–H groups in total. The van der Waals surface area contributed by atoms with E-state index in [2.05, 4.69) is 5.32 Å². The molecule has 0 aliphatic heterocycles. The molecule has 0 fully saturated rings. The second kappa shape index (κ2) is 6.08. The zero-order valence-electron chi connectivity index (χ0n) is 10.8. The molecule has 2 rings (SSSR count). The number of nitriles is 1. The van der Waals surface area contributed by atoms with E-state index in [1.54, 1.807) is 29.6 Å². The fourth-order valence-electron chi connectivity index (χ4n) is 1.63. The number of nitrogens with two attached hydrogens (primary N) is 1. The molecule has 0 saturated carbocycles. The molecule has 1 aromatic carbocycles. The number of aryl methyl sites for hydroxylation is 1. The van der Waals surface area contributed by atoms with Gasteiger partial charge in [0.25, 0.3) is 5.91 Å². The molecule has 0 bridgehead atoms. The molecule has 20 heavy (non-hydrogen) atoms. The van der Waals surface area contributed by atoms with E-state index in [0.717, 1.165) is 5.56 Å². The highest BCUT2D eigenvalue weighted by Gasteiger charge is 2.09. The average Bonchev–Trinajstić information content (AvgIpc) is 2.85. The van der Waals surface area contributed by atoms with Gasteiger partial charge in [0.1, 0.15) is 16.8 Å². The largest absolute Gasteiger partial charge is 0.483 e. The van der Waals surface area contributed by atoms with Crippen molar-refractivity contribution in [2.75, 3.05) is 17.7 Å². The van der Waals surface area contributed by atoms with E-state index >= 15 is 0 Å². The van der Waals surface area contributed by atoms with Gasteiger partial charge in [0.15, 0.2) is 6.61 Å². The van der Waals surface area contributed by atoms with Crippen LogP contribution in [0, 0.1) is 18.3 Å². The minimum Gasteiger partial charge on any atom is -0.483 e. The Balaban J connectivity index is 1.94. The number of carbonyl (C=O) groups excluding carboxylic acids is 1. The van der Waals surface area contributed by atoms with Gasteiger partial charge in [0.2, 0.25) is 0 Å². The first-order chi connectivity index (χ1) is 9.60. The Hall–Kier alpha value is -2.52. The molecule has 0 atom stereocenters. The van der Waals surface area contributed by atoms with Crippen molar-refractivity contribution in [1.29, 1.82) is 5.26 Å². The van der Waals surface area contributed by atoms with Crippen LogP contribution in [0.3, 0.4) is 0 Å². The van der Waals surface area contributed by atoms with E-state index in [-0.39, 0.29) is 12.5 Å². The first-order valence-corrected chi connectivity index (χ1v) is 6.74. The van der Waals surface area contributed by atoms with Crippen LogP contribution in [-0.4, -0.2) is 12.5 Å². The van der Waals surface area contributed by atoms with Crippen molar-refractivity contribution in [3.63, 3.8) is 0 Å². The van der Waals surface area contributed by atoms with Crippen LogP contribution >= 0.6 is 11.3 Å². The zero-order chi connectivity index (χ0) is 14.5.